The number of aliphatic hydroxyl groups is 1. The first-order valence-corrected chi connectivity index (χ1v) is 15.9. The van der Waals surface area contributed by atoms with Crippen LogP contribution in [0.3, 0.4) is 0 Å². The third-order valence-electron chi connectivity index (χ3n) is 8.28. The highest BCUT2D eigenvalue weighted by Crippen LogP contribution is 2.38. The Labute approximate surface area is 249 Å². The minimum absolute atomic E-state index is 0.0515. The minimum atomic E-state index is -4.26. The molecular formula is C31H43N3O7S. The number of aliphatic hydroxyl groups excluding tert-OH is 1. The Bertz CT molecular complexity index is 1270. The molecule has 10 nitrogen and oxygen atoms in total. The van der Waals surface area contributed by atoms with Gasteiger partial charge in [0.1, 0.15) is 17.5 Å². The van der Waals surface area contributed by atoms with Crippen LogP contribution < -0.4 is 14.8 Å². The monoisotopic (exact) mass is 601 g/mol. The zero-order valence-electron chi connectivity index (χ0n) is 24.7. The number of carbonyl (C=O) groups excluding carboxylic acids is 1. The zero-order valence-corrected chi connectivity index (χ0v) is 25.5. The van der Waals surface area contributed by atoms with Gasteiger partial charge in [-0.1, -0.05) is 57.0 Å². The van der Waals surface area contributed by atoms with Crippen LogP contribution in [0.1, 0.15) is 64.4 Å². The lowest BCUT2D eigenvalue weighted by Gasteiger charge is -2.41. The maximum Gasteiger partial charge on any atom is 0.409 e. The van der Waals surface area contributed by atoms with Gasteiger partial charge in [0.25, 0.3) is 0 Å². The van der Waals surface area contributed by atoms with Crippen molar-refractivity contribution >= 4 is 16.1 Å². The molecule has 42 heavy (non-hydrogen) atoms. The lowest BCUT2D eigenvalue weighted by atomic mass is 9.73. The standard InChI is InChI=1S/C31H43N3O7S/c1-4-30(5-2,18-9-20-32)19-16-28(35)31(22-24-10-7-6-8-11-24,33-29(36)41-26-17-21-40-23-26)34-42(37,38)27-14-12-25(39-3)13-15-27/h6-8,10-15,26,28,34-35H,4-5,9,16-19,21-23H2,1-3H3,(H,33,36)/t26-,28+,31-/m0/s1. The Kier molecular flexibility index (Phi) is 12.2. The van der Waals surface area contributed by atoms with Crippen molar-refractivity contribution in [1.82, 2.24) is 10.0 Å². The van der Waals surface area contributed by atoms with Gasteiger partial charge in [-0.15, -0.1) is 0 Å². The highest BCUT2D eigenvalue weighted by molar-refractivity contribution is 7.89. The van der Waals surface area contributed by atoms with Crippen molar-refractivity contribution in [2.24, 2.45) is 5.41 Å². The van der Waals surface area contributed by atoms with Crippen molar-refractivity contribution in [3.05, 3.63) is 60.2 Å². The molecule has 2 aromatic rings. The topological polar surface area (TPSA) is 147 Å². The number of carbonyl (C=O) groups is 1. The Morgan fingerprint density at radius 3 is 2.40 bits per heavy atom. The first-order chi connectivity index (χ1) is 20.1. The van der Waals surface area contributed by atoms with Crippen LogP contribution >= 0.6 is 0 Å². The average molecular weight is 602 g/mol. The van der Waals surface area contributed by atoms with E-state index < -0.39 is 34.0 Å². The molecular weight excluding hydrogens is 558 g/mol. The molecule has 3 atom stereocenters. The summed E-state index contributed by atoms with van der Waals surface area (Å²) in [6, 6.07) is 17.1. The molecule has 0 unspecified atom stereocenters. The van der Waals surface area contributed by atoms with Crippen LogP contribution in [-0.2, 0) is 25.9 Å². The van der Waals surface area contributed by atoms with E-state index in [0.717, 1.165) is 12.8 Å². The third kappa shape index (κ3) is 8.91. The first kappa shape index (κ1) is 33.3. The molecule has 1 fully saturated rings. The Morgan fingerprint density at radius 1 is 1.14 bits per heavy atom. The van der Waals surface area contributed by atoms with Gasteiger partial charge in [0.2, 0.25) is 10.0 Å². The number of nitriles is 1. The molecule has 1 amide bonds. The van der Waals surface area contributed by atoms with Gasteiger partial charge >= 0.3 is 6.09 Å². The fraction of sp³-hybridized carbons (Fsp3) is 0.548. The molecule has 3 rings (SSSR count). The van der Waals surface area contributed by atoms with Crippen molar-refractivity contribution in [1.29, 1.82) is 5.26 Å². The zero-order chi connectivity index (χ0) is 30.6. The third-order valence-corrected chi connectivity index (χ3v) is 9.81. The van der Waals surface area contributed by atoms with Gasteiger partial charge in [-0.05, 0) is 54.5 Å². The molecule has 3 N–H and O–H groups in total. The van der Waals surface area contributed by atoms with Gasteiger partial charge < -0.3 is 19.3 Å². The van der Waals surface area contributed by atoms with Crippen molar-refractivity contribution in [3.8, 4) is 11.8 Å². The van der Waals surface area contributed by atoms with Crippen LogP contribution in [0.25, 0.3) is 0 Å². The number of amides is 1. The molecule has 1 aliphatic heterocycles. The normalized spacial score (nSPS) is 17.5. The van der Waals surface area contributed by atoms with Gasteiger partial charge in [0, 0.05) is 19.3 Å². The van der Waals surface area contributed by atoms with E-state index in [9.17, 15) is 23.6 Å². The van der Waals surface area contributed by atoms with Crippen LogP contribution in [0.4, 0.5) is 4.79 Å². The summed E-state index contributed by atoms with van der Waals surface area (Å²) in [7, 11) is -2.78. The molecule has 1 saturated heterocycles. The predicted molar refractivity (Wildman–Crippen MR) is 158 cm³/mol. The van der Waals surface area contributed by atoms with E-state index in [1.165, 1.54) is 31.4 Å². The van der Waals surface area contributed by atoms with Gasteiger partial charge in [-0.25, -0.2) is 13.2 Å². The van der Waals surface area contributed by atoms with E-state index in [1.807, 2.05) is 6.07 Å². The van der Waals surface area contributed by atoms with Gasteiger partial charge in [0.15, 0.2) is 0 Å². The summed E-state index contributed by atoms with van der Waals surface area (Å²) < 4.78 is 46.4. The summed E-state index contributed by atoms with van der Waals surface area (Å²) in [5.41, 5.74) is -1.38. The number of benzene rings is 2. The fourth-order valence-electron chi connectivity index (χ4n) is 5.41. The second-order valence-corrected chi connectivity index (χ2v) is 12.5. The molecule has 1 heterocycles. The highest BCUT2D eigenvalue weighted by atomic mass is 32.2. The van der Waals surface area contributed by atoms with Crippen LogP contribution in [0.5, 0.6) is 5.75 Å². The second kappa shape index (κ2) is 15.3. The van der Waals surface area contributed by atoms with E-state index in [4.69, 9.17) is 14.2 Å². The molecule has 0 aliphatic carbocycles. The molecule has 2 aromatic carbocycles. The van der Waals surface area contributed by atoms with Crippen molar-refractivity contribution in [2.45, 2.75) is 88.0 Å². The average Bonchev–Trinajstić information content (AvgIpc) is 3.50. The molecule has 0 saturated carbocycles. The molecule has 0 spiro atoms. The number of ether oxygens (including phenoxy) is 3. The molecule has 0 aromatic heterocycles. The maximum atomic E-state index is 13.8. The largest absolute Gasteiger partial charge is 0.497 e. The molecule has 0 bridgehead atoms. The number of hydrogen-bond acceptors (Lipinski definition) is 8. The summed E-state index contributed by atoms with van der Waals surface area (Å²) >= 11 is 0. The van der Waals surface area contributed by atoms with E-state index in [2.05, 4.69) is 30.0 Å². The van der Waals surface area contributed by atoms with Gasteiger partial charge in [-0.3, -0.25) is 5.32 Å². The number of nitrogens with one attached hydrogen (secondary N) is 2. The number of sulfonamides is 1. The number of methoxy groups -OCH3 is 1. The van der Waals surface area contributed by atoms with E-state index >= 15 is 0 Å². The van der Waals surface area contributed by atoms with Gasteiger partial charge in [-0.2, -0.15) is 9.98 Å². The fourth-order valence-corrected chi connectivity index (χ4v) is 6.76. The number of rotatable bonds is 16. The summed E-state index contributed by atoms with van der Waals surface area (Å²) in [6.45, 7) is 4.80. The van der Waals surface area contributed by atoms with E-state index in [-0.39, 0.29) is 29.8 Å². The second-order valence-electron chi connectivity index (χ2n) is 10.9. The molecule has 11 heteroatoms. The number of hydrogen-bond donors (Lipinski definition) is 3. The Hall–Kier alpha value is -3.17. The van der Waals surface area contributed by atoms with Crippen LogP contribution in [-0.4, -0.2) is 57.8 Å². The SMILES string of the molecule is CCC(CC)(CCC#N)CC[C@@H](O)[C@@](Cc1ccccc1)(NC(=O)O[C@H]1CCOC1)NS(=O)(=O)c1ccc(OC)cc1. The summed E-state index contributed by atoms with van der Waals surface area (Å²) in [4.78, 5) is 13.2. The highest BCUT2D eigenvalue weighted by Gasteiger charge is 2.45. The summed E-state index contributed by atoms with van der Waals surface area (Å²) in [5, 5.41) is 23.9. The van der Waals surface area contributed by atoms with Crippen LogP contribution in [0.2, 0.25) is 0 Å². The van der Waals surface area contributed by atoms with E-state index in [1.54, 1.807) is 24.3 Å². The minimum Gasteiger partial charge on any atom is -0.497 e. The van der Waals surface area contributed by atoms with E-state index in [0.29, 0.717) is 43.6 Å². The first-order valence-electron chi connectivity index (χ1n) is 14.4. The lowest BCUT2D eigenvalue weighted by molar-refractivity contribution is 0.0183. The molecule has 230 valence electrons. The lowest BCUT2D eigenvalue weighted by Crippen LogP contribution is -2.68. The van der Waals surface area contributed by atoms with Crippen molar-refractivity contribution in [3.63, 3.8) is 0 Å². The summed E-state index contributed by atoms with van der Waals surface area (Å²) in [5.74, 6) is 0.484. The predicted octanol–water partition coefficient (Wildman–Crippen LogP) is 4.68. The molecule has 0 radical (unpaired) electrons. The van der Waals surface area contributed by atoms with Gasteiger partial charge in [0.05, 0.1) is 37.4 Å². The number of nitrogens with zero attached hydrogens (tertiary/aromatic N) is 1. The quantitative estimate of drug-likeness (QED) is 0.235. The number of alkyl carbamates (subject to hydrolysis) is 1. The van der Waals surface area contributed by atoms with Crippen molar-refractivity contribution in [2.75, 3.05) is 20.3 Å². The van der Waals surface area contributed by atoms with Crippen LogP contribution in [0.15, 0.2) is 59.5 Å². The smallest absolute Gasteiger partial charge is 0.409 e. The Morgan fingerprint density at radius 2 is 1.83 bits per heavy atom. The van der Waals surface area contributed by atoms with Crippen LogP contribution in [0, 0.1) is 16.7 Å². The maximum absolute atomic E-state index is 13.8. The Balaban J connectivity index is 2.03. The summed E-state index contributed by atoms with van der Waals surface area (Å²) in [6.07, 6.45) is 1.09. The van der Waals surface area contributed by atoms with Crippen molar-refractivity contribution < 1.29 is 32.5 Å². The molecule has 1 aliphatic rings.